The van der Waals surface area contributed by atoms with E-state index < -0.39 is 29.0 Å². The smallest absolute Gasteiger partial charge is 0.273 e. The zero-order valence-electron chi connectivity index (χ0n) is 11.2. The Kier molecular flexibility index (Phi) is 4.44. The van der Waals surface area contributed by atoms with Crippen LogP contribution in [-0.2, 0) is 16.4 Å². The third-order valence-corrected chi connectivity index (χ3v) is 4.71. The molecular weight excluding hydrogens is 326 g/mol. The second-order valence-corrected chi connectivity index (χ2v) is 7.08. The predicted octanol–water partition coefficient (Wildman–Crippen LogP) is 1.54. The average Bonchev–Trinajstić information content (AvgIpc) is 2.78. The number of ether oxygens (including phenoxy) is 1. The Labute approximate surface area is 126 Å². The van der Waals surface area contributed by atoms with Crippen LogP contribution in [0.5, 0.6) is 5.75 Å². The summed E-state index contributed by atoms with van der Waals surface area (Å²) in [6.07, 6.45) is 0.405. The first kappa shape index (κ1) is 16.4. The van der Waals surface area contributed by atoms with E-state index in [-0.39, 0.29) is 16.0 Å². The van der Waals surface area contributed by atoms with E-state index in [1.54, 1.807) is 0 Å². The van der Waals surface area contributed by atoms with E-state index >= 15 is 0 Å². The van der Waals surface area contributed by atoms with Crippen molar-refractivity contribution in [2.45, 2.75) is 30.3 Å². The van der Waals surface area contributed by atoms with Gasteiger partial charge in [-0.1, -0.05) is 11.6 Å². The van der Waals surface area contributed by atoms with Gasteiger partial charge in [-0.15, -0.1) is 0 Å². The second kappa shape index (κ2) is 5.68. The Bertz CT molecular complexity index is 652. The Morgan fingerprint density at radius 1 is 1.52 bits per heavy atom. The molecule has 0 bridgehead atoms. The molecule has 0 fully saturated rings. The lowest BCUT2D eigenvalue weighted by Gasteiger charge is -2.15. The molecule has 1 aliphatic rings. The summed E-state index contributed by atoms with van der Waals surface area (Å²) in [5, 5.41) is 0.141. The van der Waals surface area contributed by atoms with Crippen molar-refractivity contribution in [2.75, 3.05) is 13.1 Å². The number of benzene rings is 1. The van der Waals surface area contributed by atoms with Crippen molar-refractivity contribution in [1.82, 2.24) is 4.72 Å². The molecule has 9 heteroatoms. The minimum atomic E-state index is -4.09. The molecular formula is C12H15ClF2N2O3S. The molecule has 118 valence electrons. The molecule has 1 aromatic carbocycles. The molecule has 1 unspecified atom stereocenters. The molecule has 1 aliphatic heterocycles. The van der Waals surface area contributed by atoms with E-state index in [1.165, 1.54) is 12.1 Å². The van der Waals surface area contributed by atoms with Gasteiger partial charge in [0, 0.05) is 12.0 Å². The molecule has 5 nitrogen and oxygen atoms in total. The van der Waals surface area contributed by atoms with Gasteiger partial charge in [-0.3, -0.25) is 0 Å². The Morgan fingerprint density at radius 3 is 2.81 bits per heavy atom. The first-order valence-corrected chi connectivity index (χ1v) is 8.07. The molecule has 0 amide bonds. The minimum Gasteiger partial charge on any atom is -0.489 e. The normalized spacial score (nSPS) is 18.4. The lowest BCUT2D eigenvalue weighted by Crippen LogP contribution is -2.41. The van der Waals surface area contributed by atoms with E-state index in [2.05, 4.69) is 0 Å². The number of fused-ring (bicyclic) bond motifs is 1. The highest BCUT2D eigenvalue weighted by Crippen LogP contribution is 2.37. The van der Waals surface area contributed by atoms with Crippen LogP contribution in [0.25, 0.3) is 0 Å². The summed E-state index contributed by atoms with van der Waals surface area (Å²) in [7, 11) is -4.09. The van der Waals surface area contributed by atoms with Crippen LogP contribution in [0.15, 0.2) is 17.0 Å². The Morgan fingerprint density at radius 2 is 2.19 bits per heavy atom. The molecule has 0 saturated heterocycles. The van der Waals surface area contributed by atoms with Gasteiger partial charge in [0.15, 0.2) is 0 Å². The summed E-state index contributed by atoms with van der Waals surface area (Å²) < 4.78 is 57.5. The van der Waals surface area contributed by atoms with Crippen LogP contribution >= 0.6 is 11.6 Å². The standard InChI is InChI=1S/C12H15ClF2N2O3S/c1-7-2-8-3-9(4-10(13)11(8)20-7)21(18,19)17-6-12(14,15)5-16/h3-4,7,17H,2,5-6,16H2,1H3. The van der Waals surface area contributed by atoms with Crippen LogP contribution in [0.2, 0.25) is 5.02 Å². The number of alkyl halides is 2. The largest absolute Gasteiger partial charge is 0.489 e. The van der Waals surface area contributed by atoms with Crippen molar-refractivity contribution in [3.63, 3.8) is 0 Å². The molecule has 0 saturated carbocycles. The highest BCUT2D eigenvalue weighted by molar-refractivity contribution is 7.89. The maximum Gasteiger partial charge on any atom is 0.273 e. The average molecular weight is 341 g/mol. The minimum absolute atomic E-state index is 0.106. The van der Waals surface area contributed by atoms with Gasteiger partial charge in [0.05, 0.1) is 23.0 Å². The second-order valence-electron chi connectivity index (χ2n) is 4.91. The summed E-state index contributed by atoms with van der Waals surface area (Å²) >= 11 is 5.98. The maximum atomic E-state index is 13.1. The lowest BCUT2D eigenvalue weighted by molar-refractivity contribution is 0.0170. The highest BCUT2D eigenvalue weighted by Gasteiger charge is 2.31. The maximum absolute atomic E-state index is 13.1. The van der Waals surface area contributed by atoms with Crippen LogP contribution in [0.1, 0.15) is 12.5 Å². The quantitative estimate of drug-likeness (QED) is 0.852. The molecule has 0 radical (unpaired) electrons. The van der Waals surface area contributed by atoms with Crippen LogP contribution in [0.3, 0.4) is 0 Å². The number of rotatable bonds is 5. The van der Waals surface area contributed by atoms with Crippen LogP contribution in [-0.4, -0.2) is 33.5 Å². The molecule has 0 aliphatic carbocycles. The summed E-state index contributed by atoms with van der Waals surface area (Å²) in [5.41, 5.74) is 5.50. The van der Waals surface area contributed by atoms with Crippen molar-refractivity contribution < 1.29 is 21.9 Å². The number of nitrogens with one attached hydrogen (secondary N) is 1. The SMILES string of the molecule is CC1Cc2cc(S(=O)(=O)NCC(F)(F)CN)cc(Cl)c2O1. The highest BCUT2D eigenvalue weighted by atomic mass is 35.5. The number of sulfonamides is 1. The van der Waals surface area contributed by atoms with Crippen molar-refractivity contribution in [3.8, 4) is 5.75 Å². The van der Waals surface area contributed by atoms with Gasteiger partial charge < -0.3 is 10.5 Å². The first-order chi connectivity index (χ1) is 9.64. The van der Waals surface area contributed by atoms with Gasteiger partial charge in [0.25, 0.3) is 5.92 Å². The summed E-state index contributed by atoms with van der Waals surface area (Å²) in [5.74, 6) is -2.86. The van der Waals surface area contributed by atoms with E-state index in [1.807, 2.05) is 11.6 Å². The Balaban J connectivity index is 2.26. The molecule has 2 rings (SSSR count). The fourth-order valence-corrected chi connectivity index (χ4v) is 3.46. The molecule has 0 spiro atoms. The number of hydrogen-bond donors (Lipinski definition) is 2. The van der Waals surface area contributed by atoms with Crippen LogP contribution < -0.4 is 15.2 Å². The van der Waals surface area contributed by atoms with Gasteiger partial charge in [0.1, 0.15) is 11.9 Å². The van der Waals surface area contributed by atoms with E-state index in [0.717, 1.165) is 0 Å². The third kappa shape index (κ3) is 3.63. The fraction of sp³-hybridized carbons (Fsp3) is 0.500. The molecule has 3 N–H and O–H groups in total. The number of halogens is 3. The third-order valence-electron chi connectivity index (χ3n) is 3.05. The Hall–Kier alpha value is -0.960. The van der Waals surface area contributed by atoms with E-state index in [0.29, 0.717) is 17.7 Å². The monoisotopic (exact) mass is 340 g/mol. The molecule has 1 heterocycles. The molecule has 1 aromatic rings. The van der Waals surface area contributed by atoms with Crippen LogP contribution in [0.4, 0.5) is 8.78 Å². The first-order valence-electron chi connectivity index (χ1n) is 6.21. The van der Waals surface area contributed by atoms with Gasteiger partial charge in [-0.2, -0.15) is 0 Å². The van der Waals surface area contributed by atoms with Crippen LogP contribution in [0, 0.1) is 0 Å². The fourth-order valence-electron chi connectivity index (χ4n) is 1.97. The van der Waals surface area contributed by atoms with Gasteiger partial charge in [-0.05, 0) is 19.1 Å². The summed E-state index contributed by atoms with van der Waals surface area (Å²) in [4.78, 5) is -0.170. The molecule has 1 atom stereocenters. The van der Waals surface area contributed by atoms with Crippen molar-refractivity contribution in [2.24, 2.45) is 5.73 Å². The topological polar surface area (TPSA) is 81.4 Å². The predicted molar refractivity (Wildman–Crippen MR) is 74.4 cm³/mol. The van der Waals surface area contributed by atoms with Crippen molar-refractivity contribution in [1.29, 1.82) is 0 Å². The van der Waals surface area contributed by atoms with E-state index in [4.69, 9.17) is 22.1 Å². The zero-order chi connectivity index (χ0) is 15.8. The molecule has 21 heavy (non-hydrogen) atoms. The van der Waals surface area contributed by atoms with Gasteiger partial charge >= 0.3 is 0 Å². The summed E-state index contributed by atoms with van der Waals surface area (Å²) in [6.45, 7) is -0.177. The van der Waals surface area contributed by atoms with Gasteiger partial charge in [-0.25, -0.2) is 21.9 Å². The number of hydrogen-bond acceptors (Lipinski definition) is 4. The van der Waals surface area contributed by atoms with Crippen molar-refractivity contribution in [3.05, 3.63) is 22.7 Å². The molecule has 0 aromatic heterocycles. The van der Waals surface area contributed by atoms with E-state index in [9.17, 15) is 17.2 Å². The van der Waals surface area contributed by atoms with Crippen molar-refractivity contribution >= 4 is 21.6 Å². The summed E-state index contributed by atoms with van der Waals surface area (Å²) in [6, 6.07) is 2.56. The zero-order valence-corrected chi connectivity index (χ0v) is 12.8. The lowest BCUT2D eigenvalue weighted by atomic mass is 10.1. The number of nitrogens with two attached hydrogens (primary N) is 1. The van der Waals surface area contributed by atoms with Gasteiger partial charge in [0.2, 0.25) is 10.0 Å².